The van der Waals surface area contributed by atoms with Gasteiger partial charge in [0.25, 0.3) is 5.91 Å². The van der Waals surface area contributed by atoms with E-state index in [0.717, 1.165) is 30.3 Å². The van der Waals surface area contributed by atoms with E-state index in [0.29, 0.717) is 27.0 Å². The lowest BCUT2D eigenvalue weighted by Gasteiger charge is -2.29. The third-order valence-corrected chi connectivity index (χ3v) is 5.84. The van der Waals surface area contributed by atoms with Crippen molar-refractivity contribution < 1.29 is 4.79 Å². The van der Waals surface area contributed by atoms with E-state index in [4.69, 9.17) is 23.2 Å². The molecule has 1 amide bonds. The monoisotopic (exact) mass is 434 g/mol. The molecule has 0 aliphatic carbocycles. The maximum Gasteiger partial charge on any atom is 0.257 e. The molecule has 3 aromatic rings. The molecule has 28 heavy (non-hydrogen) atoms. The maximum atomic E-state index is 12.9. The number of rotatable bonds is 4. The molecule has 0 radical (unpaired) electrons. The summed E-state index contributed by atoms with van der Waals surface area (Å²) >= 11 is 14.5. The van der Waals surface area contributed by atoms with E-state index in [2.05, 4.69) is 25.7 Å². The standard InChI is InChI=1S/C18H16Cl2N6OS/c19-12-1-3-16(26-11-21-23-24-26)14(9-12)18(27)22-13-2-4-17(15(20)10-13)25-5-7-28-8-6-25/h1-4,9-11H,5-8H2,(H,22,27). The van der Waals surface area contributed by atoms with Crippen LogP contribution in [-0.4, -0.2) is 50.7 Å². The fourth-order valence-electron chi connectivity index (χ4n) is 3.01. The molecule has 1 aliphatic rings. The molecule has 7 nitrogen and oxygen atoms in total. The topological polar surface area (TPSA) is 75.9 Å². The maximum absolute atomic E-state index is 12.9. The van der Waals surface area contributed by atoms with Crippen molar-refractivity contribution >= 4 is 52.2 Å². The van der Waals surface area contributed by atoms with Crippen LogP contribution in [0.4, 0.5) is 11.4 Å². The van der Waals surface area contributed by atoms with E-state index >= 15 is 0 Å². The van der Waals surface area contributed by atoms with Crippen molar-refractivity contribution in [1.82, 2.24) is 20.2 Å². The molecule has 4 rings (SSSR count). The summed E-state index contributed by atoms with van der Waals surface area (Å²) in [6.45, 7) is 1.93. The van der Waals surface area contributed by atoms with Crippen LogP contribution in [-0.2, 0) is 0 Å². The van der Waals surface area contributed by atoms with Gasteiger partial charge in [-0.1, -0.05) is 23.2 Å². The van der Waals surface area contributed by atoms with Gasteiger partial charge in [0.15, 0.2) is 0 Å². The normalized spacial score (nSPS) is 14.1. The lowest BCUT2D eigenvalue weighted by Crippen LogP contribution is -2.32. The molecule has 2 heterocycles. The second kappa shape index (κ2) is 8.38. The molecule has 144 valence electrons. The first-order valence-corrected chi connectivity index (χ1v) is 10.5. The smallest absolute Gasteiger partial charge is 0.257 e. The summed E-state index contributed by atoms with van der Waals surface area (Å²) in [6.07, 6.45) is 1.42. The molecule has 0 atom stereocenters. The Kier molecular flexibility index (Phi) is 5.70. The van der Waals surface area contributed by atoms with Gasteiger partial charge in [-0.25, -0.2) is 0 Å². The van der Waals surface area contributed by atoms with Gasteiger partial charge in [-0.3, -0.25) is 4.79 Å². The third-order valence-electron chi connectivity index (χ3n) is 4.36. The predicted octanol–water partition coefficient (Wildman–Crippen LogP) is 3.77. The molecular weight excluding hydrogens is 419 g/mol. The first-order valence-electron chi connectivity index (χ1n) is 8.58. The van der Waals surface area contributed by atoms with Crippen molar-refractivity contribution in [2.75, 3.05) is 34.8 Å². The third kappa shape index (κ3) is 4.09. The van der Waals surface area contributed by atoms with Crippen LogP contribution in [0.5, 0.6) is 0 Å². The largest absolute Gasteiger partial charge is 0.369 e. The van der Waals surface area contributed by atoms with Gasteiger partial charge >= 0.3 is 0 Å². The minimum Gasteiger partial charge on any atom is -0.369 e. The summed E-state index contributed by atoms with van der Waals surface area (Å²) in [5.74, 6) is 1.85. The van der Waals surface area contributed by atoms with Crippen molar-refractivity contribution in [2.45, 2.75) is 0 Å². The van der Waals surface area contributed by atoms with Crippen LogP contribution in [0.15, 0.2) is 42.7 Å². The van der Waals surface area contributed by atoms with Crippen LogP contribution < -0.4 is 10.2 Å². The number of hydrogen-bond donors (Lipinski definition) is 1. The van der Waals surface area contributed by atoms with Crippen LogP contribution in [0.3, 0.4) is 0 Å². The number of hydrogen-bond acceptors (Lipinski definition) is 6. The predicted molar refractivity (Wildman–Crippen MR) is 113 cm³/mol. The van der Waals surface area contributed by atoms with E-state index < -0.39 is 0 Å². The number of anilines is 2. The van der Waals surface area contributed by atoms with Gasteiger partial charge in [0, 0.05) is 35.3 Å². The molecule has 2 aromatic carbocycles. The summed E-state index contributed by atoms with van der Waals surface area (Å²) in [6, 6.07) is 10.5. The van der Waals surface area contributed by atoms with Gasteiger partial charge in [-0.2, -0.15) is 16.4 Å². The summed E-state index contributed by atoms with van der Waals surface area (Å²) in [7, 11) is 0. The Balaban J connectivity index is 1.57. The number of amides is 1. The highest BCUT2D eigenvalue weighted by molar-refractivity contribution is 7.99. The number of tetrazole rings is 1. The average Bonchev–Trinajstić information content (AvgIpc) is 3.23. The molecule has 1 N–H and O–H groups in total. The molecule has 0 saturated carbocycles. The summed E-state index contributed by atoms with van der Waals surface area (Å²) in [5.41, 5.74) is 2.47. The number of carbonyl (C=O) groups excluding carboxylic acids is 1. The van der Waals surface area contributed by atoms with E-state index in [-0.39, 0.29) is 5.91 Å². The number of nitrogens with zero attached hydrogens (tertiary/aromatic N) is 5. The van der Waals surface area contributed by atoms with Crippen molar-refractivity contribution in [3.05, 3.63) is 58.3 Å². The second-order valence-electron chi connectivity index (χ2n) is 6.14. The van der Waals surface area contributed by atoms with Crippen molar-refractivity contribution in [3.8, 4) is 5.69 Å². The average molecular weight is 435 g/mol. The zero-order valence-electron chi connectivity index (χ0n) is 14.7. The molecule has 1 fully saturated rings. The van der Waals surface area contributed by atoms with Gasteiger partial charge in [0.2, 0.25) is 0 Å². The molecule has 0 unspecified atom stereocenters. The fourth-order valence-corrected chi connectivity index (χ4v) is 4.38. The van der Waals surface area contributed by atoms with Gasteiger partial charge in [0.05, 0.1) is 22.0 Å². The van der Waals surface area contributed by atoms with Crippen molar-refractivity contribution in [1.29, 1.82) is 0 Å². The SMILES string of the molecule is O=C(Nc1ccc(N2CCSCC2)c(Cl)c1)c1cc(Cl)ccc1-n1cnnn1. The molecular formula is C18H16Cl2N6OS. The van der Waals surface area contributed by atoms with Crippen LogP contribution in [0, 0.1) is 0 Å². The molecule has 1 saturated heterocycles. The minimum atomic E-state index is -0.328. The highest BCUT2D eigenvalue weighted by atomic mass is 35.5. The van der Waals surface area contributed by atoms with E-state index in [9.17, 15) is 4.79 Å². The van der Waals surface area contributed by atoms with Gasteiger partial charge in [0.1, 0.15) is 6.33 Å². The molecule has 1 aromatic heterocycles. The van der Waals surface area contributed by atoms with E-state index in [1.807, 2.05) is 23.9 Å². The Morgan fingerprint density at radius 1 is 1.07 bits per heavy atom. The Morgan fingerprint density at radius 2 is 1.86 bits per heavy atom. The molecule has 10 heteroatoms. The highest BCUT2D eigenvalue weighted by Crippen LogP contribution is 2.31. The Hall–Kier alpha value is -2.29. The molecule has 0 spiro atoms. The summed E-state index contributed by atoms with van der Waals surface area (Å²) in [5, 5.41) is 15.0. The van der Waals surface area contributed by atoms with Gasteiger partial charge in [-0.15, -0.1) is 5.10 Å². The number of aromatic nitrogens is 4. The Morgan fingerprint density at radius 3 is 2.57 bits per heavy atom. The molecule has 0 bridgehead atoms. The first-order chi connectivity index (χ1) is 13.6. The summed E-state index contributed by atoms with van der Waals surface area (Å²) < 4.78 is 1.41. The van der Waals surface area contributed by atoms with Gasteiger partial charge < -0.3 is 10.2 Å². The fraction of sp³-hybridized carbons (Fsp3) is 0.222. The molecule has 1 aliphatic heterocycles. The number of halogens is 2. The zero-order chi connectivity index (χ0) is 19.5. The Bertz CT molecular complexity index is 992. The number of thioether (sulfide) groups is 1. The highest BCUT2D eigenvalue weighted by Gasteiger charge is 2.17. The Labute approximate surface area is 176 Å². The zero-order valence-corrected chi connectivity index (χ0v) is 17.0. The van der Waals surface area contributed by atoms with Crippen LogP contribution in [0.1, 0.15) is 10.4 Å². The van der Waals surface area contributed by atoms with Gasteiger partial charge in [-0.05, 0) is 46.8 Å². The minimum absolute atomic E-state index is 0.328. The number of nitrogens with one attached hydrogen (secondary N) is 1. The van der Waals surface area contributed by atoms with E-state index in [1.165, 1.54) is 11.0 Å². The second-order valence-corrected chi connectivity index (χ2v) is 8.20. The quantitative estimate of drug-likeness (QED) is 0.673. The van der Waals surface area contributed by atoms with Crippen molar-refractivity contribution in [2.24, 2.45) is 0 Å². The lowest BCUT2D eigenvalue weighted by molar-refractivity contribution is 0.102. The lowest BCUT2D eigenvalue weighted by atomic mass is 10.1. The van der Waals surface area contributed by atoms with Crippen LogP contribution in [0.2, 0.25) is 10.0 Å². The van der Waals surface area contributed by atoms with E-state index in [1.54, 1.807) is 24.3 Å². The van der Waals surface area contributed by atoms with Crippen molar-refractivity contribution in [3.63, 3.8) is 0 Å². The number of carbonyl (C=O) groups is 1. The van der Waals surface area contributed by atoms with Crippen LogP contribution >= 0.6 is 35.0 Å². The number of benzene rings is 2. The van der Waals surface area contributed by atoms with Crippen LogP contribution in [0.25, 0.3) is 5.69 Å². The summed E-state index contributed by atoms with van der Waals surface area (Å²) in [4.78, 5) is 15.1. The first kappa shape index (κ1) is 19.0.